The molecule has 2 aromatic carbocycles. The van der Waals surface area contributed by atoms with Crippen LogP contribution in [0.3, 0.4) is 0 Å². The van der Waals surface area contributed by atoms with Crippen LogP contribution >= 0.6 is 43.5 Å². The number of para-hydroxylation sites is 1. The molecule has 0 aliphatic carbocycles. The van der Waals surface area contributed by atoms with Crippen molar-refractivity contribution in [1.82, 2.24) is 20.2 Å². The number of H-pyrrole nitrogens is 1. The quantitative estimate of drug-likeness (QED) is 0.593. The van der Waals surface area contributed by atoms with E-state index in [-0.39, 0.29) is 5.69 Å². The molecule has 3 aromatic rings. The van der Waals surface area contributed by atoms with E-state index in [9.17, 15) is 9.59 Å². The first-order chi connectivity index (χ1) is 11.0. The van der Waals surface area contributed by atoms with Gasteiger partial charge in [-0.15, -0.1) is 0 Å². The molecule has 6 nitrogen and oxygen atoms in total. The van der Waals surface area contributed by atoms with Crippen molar-refractivity contribution in [3.05, 3.63) is 73.5 Å². The lowest BCUT2D eigenvalue weighted by Gasteiger charge is -1.99. The standard InChI is InChI=1S/C7H4BrClO.C7H5BrN4O/c8-6-4-2-1-3-5(6)7(9)10;8-5-3-1-2-4-6(5)12-7(13)9-10-11-12/h1-4H;1-4H,(H,9,11,13). The fraction of sp³-hybridized carbons (Fsp3) is 0. The predicted octanol–water partition coefficient (Wildman–Crippen LogP) is 3.55. The zero-order valence-corrected chi connectivity index (χ0v) is 15.3. The molecule has 23 heavy (non-hydrogen) atoms. The second-order valence-electron chi connectivity index (χ2n) is 4.12. The van der Waals surface area contributed by atoms with Crippen LogP contribution in [0.5, 0.6) is 0 Å². The molecule has 1 heterocycles. The molecule has 0 saturated carbocycles. The van der Waals surface area contributed by atoms with Crippen LogP contribution in [0.2, 0.25) is 0 Å². The van der Waals surface area contributed by atoms with Crippen molar-refractivity contribution in [2.24, 2.45) is 0 Å². The van der Waals surface area contributed by atoms with Crippen molar-refractivity contribution >= 4 is 48.7 Å². The maximum Gasteiger partial charge on any atom is 0.365 e. The molecular formula is C14H9Br2ClN4O2. The number of carbonyl (C=O) groups is 1. The van der Waals surface area contributed by atoms with Gasteiger partial charge in [0.1, 0.15) is 0 Å². The van der Waals surface area contributed by atoms with E-state index in [1.807, 2.05) is 24.3 Å². The summed E-state index contributed by atoms with van der Waals surface area (Å²) in [4.78, 5) is 21.7. The van der Waals surface area contributed by atoms with E-state index in [1.165, 1.54) is 4.68 Å². The van der Waals surface area contributed by atoms with E-state index in [1.54, 1.807) is 24.3 Å². The molecule has 0 amide bonds. The Hall–Kier alpha value is -1.77. The van der Waals surface area contributed by atoms with E-state index in [2.05, 4.69) is 47.4 Å². The number of tetrazole rings is 1. The Balaban J connectivity index is 0.000000174. The van der Waals surface area contributed by atoms with Gasteiger partial charge in [0.15, 0.2) is 0 Å². The van der Waals surface area contributed by atoms with Crippen LogP contribution in [0.25, 0.3) is 5.69 Å². The fourth-order valence-electron chi connectivity index (χ4n) is 1.60. The number of rotatable bonds is 2. The van der Waals surface area contributed by atoms with Crippen LogP contribution < -0.4 is 5.69 Å². The minimum Gasteiger partial charge on any atom is -0.276 e. The van der Waals surface area contributed by atoms with Crippen molar-refractivity contribution in [2.75, 3.05) is 0 Å². The molecule has 1 N–H and O–H groups in total. The van der Waals surface area contributed by atoms with Crippen LogP contribution in [-0.2, 0) is 0 Å². The summed E-state index contributed by atoms with van der Waals surface area (Å²) in [6.45, 7) is 0. The van der Waals surface area contributed by atoms with E-state index in [0.29, 0.717) is 11.3 Å². The van der Waals surface area contributed by atoms with Gasteiger partial charge >= 0.3 is 5.69 Å². The highest BCUT2D eigenvalue weighted by Gasteiger charge is 2.05. The van der Waals surface area contributed by atoms with Gasteiger partial charge < -0.3 is 0 Å². The van der Waals surface area contributed by atoms with Gasteiger partial charge in [-0.2, -0.15) is 4.68 Å². The summed E-state index contributed by atoms with van der Waals surface area (Å²) >= 11 is 11.7. The summed E-state index contributed by atoms with van der Waals surface area (Å²) in [6, 6.07) is 14.3. The Bertz CT molecular complexity index is 879. The number of halogens is 3. The third-order valence-electron chi connectivity index (χ3n) is 2.64. The molecule has 0 bridgehead atoms. The normalized spacial score (nSPS) is 9.87. The molecule has 0 fully saturated rings. The first-order valence-corrected chi connectivity index (χ1v) is 8.16. The van der Waals surface area contributed by atoms with E-state index >= 15 is 0 Å². The van der Waals surface area contributed by atoms with Crippen molar-refractivity contribution < 1.29 is 4.79 Å². The van der Waals surface area contributed by atoms with Gasteiger partial charge in [0.25, 0.3) is 5.24 Å². The smallest absolute Gasteiger partial charge is 0.276 e. The van der Waals surface area contributed by atoms with E-state index in [4.69, 9.17) is 11.6 Å². The van der Waals surface area contributed by atoms with Crippen molar-refractivity contribution in [3.8, 4) is 5.69 Å². The molecule has 0 atom stereocenters. The Labute approximate surface area is 152 Å². The number of hydrogen-bond acceptors (Lipinski definition) is 4. The summed E-state index contributed by atoms with van der Waals surface area (Å²) < 4.78 is 2.71. The van der Waals surface area contributed by atoms with Crippen molar-refractivity contribution in [1.29, 1.82) is 0 Å². The number of hydrogen-bond donors (Lipinski definition) is 1. The third kappa shape index (κ3) is 4.60. The minimum atomic E-state index is -0.438. The van der Waals surface area contributed by atoms with Crippen molar-refractivity contribution in [3.63, 3.8) is 0 Å². The lowest BCUT2D eigenvalue weighted by Crippen LogP contribution is -2.16. The van der Waals surface area contributed by atoms with Crippen LogP contribution in [0.15, 0.2) is 62.3 Å². The zero-order chi connectivity index (χ0) is 16.8. The zero-order valence-electron chi connectivity index (χ0n) is 11.4. The highest BCUT2D eigenvalue weighted by Crippen LogP contribution is 2.18. The Morgan fingerprint density at radius 1 is 1.04 bits per heavy atom. The average molecular weight is 461 g/mol. The molecule has 0 radical (unpaired) electrons. The number of benzene rings is 2. The lowest BCUT2D eigenvalue weighted by atomic mass is 10.2. The topological polar surface area (TPSA) is 80.6 Å². The number of nitrogens with zero attached hydrogens (tertiary/aromatic N) is 3. The van der Waals surface area contributed by atoms with Gasteiger partial charge in [-0.25, -0.2) is 9.89 Å². The average Bonchev–Trinajstić information content (AvgIpc) is 2.94. The molecule has 0 saturated heterocycles. The number of aromatic amines is 1. The van der Waals surface area contributed by atoms with Crippen LogP contribution in [0, 0.1) is 0 Å². The Morgan fingerprint density at radius 3 is 2.13 bits per heavy atom. The first-order valence-electron chi connectivity index (χ1n) is 6.20. The molecule has 1 aromatic heterocycles. The second kappa shape index (κ2) is 8.19. The molecule has 0 unspecified atom stereocenters. The summed E-state index contributed by atoms with van der Waals surface area (Å²) in [6.07, 6.45) is 0. The summed E-state index contributed by atoms with van der Waals surface area (Å²) in [5, 5.41) is 8.79. The predicted molar refractivity (Wildman–Crippen MR) is 94.0 cm³/mol. The molecule has 3 rings (SSSR count). The molecule has 0 aliphatic rings. The lowest BCUT2D eigenvalue weighted by molar-refractivity contribution is 0.108. The number of aromatic nitrogens is 4. The monoisotopic (exact) mass is 458 g/mol. The number of carbonyl (C=O) groups excluding carboxylic acids is 1. The van der Waals surface area contributed by atoms with E-state index in [0.717, 1.165) is 8.95 Å². The summed E-state index contributed by atoms with van der Waals surface area (Å²) in [5.74, 6) is 0. The Kier molecular flexibility index (Phi) is 6.26. The molecule has 9 heteroatoms. The molecule has 0 aliphatic heterocycles. The molecular weight excluding hydrogens is 451 g/mol. The minimum absolute atomic E-state index is 0.355. The van der Waals surface area contributed by atoms with Gasteiger partial charge in [-0.05, 0) is 62.2 Å². The maximum atomic E-state index is 11.1. The summed E-state index contributed by atoms with van der Waals surface area (Å²) in [5.41, 5.74) is 0.817. The molecule has 118 valence electrons. The van der Waals surface area contributed by atoms with Gasteiger partial charge in [0, 0.05) is 14.5 Å². The van der Waals surface area contributed by atoms with Crippen LogP contribution in [0.1, 0.15) is 10.4 Å². The number of nitrogens with one attached hydrogen (secondary N) is 1. The van der Waals surface area contributed by atoms with E-state index < -0.39 is 5.24 Å². The van der Waals surface area contributed by atoms with Gasteiger partial charge in [0.05, 0.1) is 5.69 Å². The molecule has 0 spiro atoms. The highest BCUT2D eigenvalue weighted by molar-refractivity contribution is 9.10. The second-order valence-corrected chi connectivity index (χ2v) is 6.18. The largest absolute Gasteiger partial charge is 0.365 e. The third-order valence-corrected chi connectivity index (χ3v) is 4.20. The van der Waals surface area contributed by atoms with Gasteiger partial charge in [0.2, 0.25) is 0 Å². The van der Waals surface area contributed by atoms with Crippen LogP contribution in [0.4, 0.5) is 0 Å². The summed E-state index contributed by atoms with van der Waals surface area (Å²) in [7, 11) is 0. The highest BCUT2D eigenvalue weighted by atomic mass is 79.9. The first kappa shape index (κ1) is 17.6. The fourth-order valence-corrected chi connectivity index (χ4v) is 2.80. The van der Waals surface area contributed by atoms with Crippen molar-refractivity contribution in [2.45, 2.75) is 0 Å². The Morgan fingerprint density at radius 2 is 1.65 bits per heavy atom. The van der Waals surface area contributed by atoms with Crippen LogP contribution in [-0.4, -0.2) is 25.4 Å². The maximum absolute atomic E-state index is 11.1. The van der Waals surface area contributed by atoms with Gasteiger partial charge in [-0.1, -0.05) is 40.2 Å². The SMILES string of the molecule is O=C(Cl)c1ccccc1Br.O=c1[nH]nnn1-c1ccccc1Br. The van der Waals surface area contributed by atoms with Gasteiger partial charge in [-0.3, -0.25) is 4.79 Å².